The molecule has 0 aromatic heterocycles. The van der Waals surface area contributed by atoms with E-state index in [1.54, 1.807) is 30.5 Å². The molecule has 0 saturated carbocycles. The maximum Gasteiger partial charge on any atom is 0.0624 e. The Balaban J connectivity index is -0.000000218. The Morgan fingerprint density at radius 2 is 1.17 bits per heavy atom. The van der Waals surface area contributed by atoms with Crippen LogP contribution in [0.3, 0.4) is 0 Å². The van der Waals surface area contributed by atoms with Gasteiger partial charge < -0.3 is 10.2 Å². The Labute approximate surface area is 228 Å². The third-order valence-electron chi connectivity index (χ3n) is 4.39. The largest absolute Gasteiger partial charge is 0.362 e. The molecule has 4 rings (SSSR count). The second kappa shape index (κ2) is 24.6. The van der Waals surface area contributed by atoms with Gasteiger partial charge in [-0.25, -0.2) is 0 Å². The molecule has 2 aromatic carbocycles. The molecule has 0 spiro atoms. The van der Waals surface area contributed by atoms with Crippen molar-refractivity contribution >= 4 is 5.69 Å². The molecule has 0 unspecified atom stereocenters. The summed E-state index contributed by atoms with van der Waals surface area (Å²) in [6.07, 6.45) is 10.4. The average Bonchev–Trinajstić information content (AvgIpc) is 2.85. The lowest BCUT2D eigenvalue weighted by atomic mass is 10.1. The highest BCUT2D eigenvalue weighted by Crippen LogP contribution is 2.25. The normalized spacial score (nSPS) is 12.8. The molecule has 0 radical (unpaired) electrons. The molecule has 2 aliphatic heterocycles. The van der Waals surface area contributed by atoms with E-state index < -0.39 is 0 Å². The van der Waals surface area contributed by atoms with Crippen LogP contribution < -0.4 is 10.2 Å². The molecule has 1 N–H and O–H groups in total. The monoisotopic (exact) mass is 494 g/mol. The van der Waals surface area contributed by atoms with Crippen molar-refractivity contribution in [3.63, 3.8) is 0 Å². The van der Waals surface area contributed by atoms with Crippen molar-refractivity contribution in [1.82, 2.24) is 5.32 Å². The van der Waals surface area contributed by atoms with Gasteiger partial charge in [-0.2, -0.15) is 0 Å². The summed E-state index contributed by atoms with van der Waals surface area (Å²) in [7, 11) is 0. The fraction of sp³-hybridized carbons (Fsp3) is 0.294. The third kappa shape index (κ3) is 15.4. The number of rotatable bonds is 1. The SMILES string of the molecule is C.C.C.CC.CC.Cc1ccccc1C.[3H]C1=CC(=C)N(c2ccccc2C)C=C1.[3H]C1=CC(=C)NC=C1. The number of hydrogen-bond acceptors (Lipinski definition) is 2. The van der Waals surface area contributed by atoms with Crippen LogP contribution in [-0.4, -0.2) is 0 Å². The van der Waals surface area contributed by atoms with Crippen molar-refractivity contribution in [2.75, 3.05) is 4.90 Å². The summed E-state index contributed by atoms with van der Waals surface area (Å²) in [6, 6.07) is 17.5. The Kier molecular flexibility index (Phi) is 23.7. The number of hydrogen-bond donors (Lipinski definition) is 1. The van der Waals surface area contributed by atoms with E-state index in [9.17, 15) is 0 Å². The summed E-state index contributed by atoms with van der Waals surface area (Å²) in [5.74, 6) is 0. The highest BCUT2D eigenvalue weighted by atomic mass is 15.1. The molecular weight excluding hydrogens is 436 g/mol. The molecule has 2 nitrogen and oxygen atoms in total. The highest BCUT2D eigenvalue weighted by molar-refractivity contribution is 5.62. The Morgan fingerprint density at radius 1 is 0.694 bits per heavy atom. The van der Waals surface area contributed by atoms with Crippen molar-refractivity contribution in [2.45, 2.75) is 70.7 Å². The molecule has 36 heavy (non-hydrogen) atoms. The van der Waals surface area contributed by atoms with Gasteiger partial charge in [0.25, 0.3) is 0 Å². The van der Waals surface area contributed by atoms with E-state index in [2.05, 4.69) is 69.6 Å². The summed E-state index contributed by atoms with van der Waals surface area (Å²) in [6.45, 7) is 21.9. The van der Waals surface area contributed by atoms with Crippen LogP contribution in [0.25, 0.3) is 0 Å². The number of nitrogens with one attached hydrogen (secondary N) is 1. The van der Waals surface area contributed by atoms with Gasteiger partial charge >= 0.3 is 0 Å². The van der Waals surface area contributed by atoms with Crippen LogP contribution in [0.1, 0.15) is 69.4 Å². The highest BCUT2D eigenvalue weighted by Gasteiger charge is 2.08. The first-order valence-corrected chi connectivity index (χ1v) is 11.5. The van der Waals surface area contributed by atoms with E-state index in [1.807, 2.05) is 57.0 Å². The second-order valence-corrected chi connectivity index (χ2v) is 6.67. The van der Waals surface area contributed by atoms with E-state index in [4.69, 9.17) is 2.74 Å². The summed E-state index contributed by atoms with van der Waals surface area (Å²) < 4.78 is 14.6. The summed E-state index contributed by atoms with van der Waals surface area (Å²) in [5.41, 5.74) is 6.65. The first kappa shape index (κ1) is 34.6. The predicted molar refractivity (Wildman–Crippen MR) is 170 cm³/mol. The van der Waals surface area contributed by atoms with Crippen molar-refractivity contribution in [3.8, 4) is 0 Å². The van der Waals surface area contributed by atoms with E-state index in [0.717, 1.165) is 17.1 Å². The van der Waals surface area contributed by atoms with E-state index >= 15 is 0 Å². The van der Waals surface area contributed by atoms with Gasteiger partial charge in [0.2, 0.25) is 0 Å². The predicted octanol–water partition coefficient (Wildman–Crippen LogP) is 10.8. The number of para-hydroxylation sites is 1. The quantitative estimate of drug-likeness (QED) is 0.424. The molecule has 0 aliphatic carbocycles. The van der Waals surface area contributed by atoms with Gasteiger partial charge in [0.15, 0.2) is 0 Å². The third-order valence-corrected chi connectivity index (χ3v) is 4.39. The maximum absolute atomic E-state index is 7.50. The number of aryl methyl sites for hydroxylation is 3. The minimum Gasteiger partial charge on any atom is -0.362 e. The van der Waals surface area contributed by atoms with Gasteiger partial charge in [-0.3, -0.25) is 0 Å². The molecule has 200 valence electrons. The first-order chi connectivity index (χ1) is 16.8. The van der Waals surface area contributed by atoms with Crippen LogP contribution >= 0.6 is 0 Å². The number of dihydropyridines is 1. The van der Waals surface area contributed by atoms with Crippen LogP contribution in [0.15, 0.2) is 122 Å². The van der Waals surface area contributed by atoms with E-state index in [1.165, 1.54) is 16.7 Å². The van der Waals surface area contributed by atoms with Gasteiger partial charge in [-0.15, -0.1) is 0 Å². The second-order valence-electron chi connectivity index (χ2n) is 6.67. The van der Waals surface area contributed by atoms with Gasteiger partial charge in [0, 0.05) is 29.5 Å². The number of benzene rings is 2. The molecule has 0 amide bonds. The zero-order chi connectivity index (χ0) is 26.8. The molecular formula is C34H54N2. The van der Waals surface area contributed by atoms with Crippen molar-refractivity contribution in [1.29, 1.82) is 0 Å². The topological polar surface area (TPSA) is 15.3 Å². The van der Waals surface area contributed by atoms with Crippen molar-refractivity contribution in [2.24, 2.45) is 0 Å². The summed E-state index contributed by atoms with van der Waals surface area (Å²) in [5, 5.41) is 2.84. The fourth-order valence-electron chi connectivity index (χ4n) is 2.55. The van der Waals surface area contributed by atoms with Gasteiger partial charge in [-0.1, -0.05) is 118 Å². The Hall–Kier alpha value is -3.52. The average molecular weight is 495 g/mol. The van der Waals surface area contributed by atoms with Crippen LogP contribution in [0.4, 0.5) is 5.69 Å². The molecule has 0 atom stereocenters. The molecule has 2 aromatic rings. The zero-order valence-corrected chi connectivity index (χ0v) is 21.4. The Morgan fingerprint density at radius 3 is 1.56 bits per heavy atom. The number of anilines is 1. The first-order valence-electron chi connectivity index (χ1n) is 12.5. The molecule has 2 heteroatoms. The molecule has 2 aliphatic rings. The summed E-state index contributed by atoms with van der Waals surface area (Å²) in [4.78, 5) is 1.99. The van der Waals surface area contributed by atoms with Crippen molar-refractivity contribution < 1.29 is 2.74 Å². The van der Waals surface area contributed by atoms with Crippen LogP contribution in [0.2, 0.25) is 0 Å². The lowest BCUT2D eigenvalue weighted by Gasteiger charge is -2.24. The fourth-order valence-corrected chi connectivity index (χ4v) is 2.55. The minimum atomic E-state index is 0. The Bertz CT molecular complexity index is 1040. The summed E-state index contributed by atoms with van der Waals surface area (Å²) >= 11 is 0. The van der Waals surface area contributed by atoms with Crippen LogP contribution in [0, 0.1) is 20.8 Å². The minimum absolute atomic E-state index is 0. The van der Waals surface area contributed by atoms with Gasteiger partial charge in [-0.05, 0) is 67.8 Å². The number of allylic oxidation sites excluding steroid dienone is 6. The lowest BCUT2D eigenvalue weighted by molar-refractivity contribution is 1.11. The molecule has 2 heterocycles. The smallest absolute Gasteiger partial charge is 0.0624 e. The van der Waals surface area contributed by atoms with Crippen molar-refractivity contribution in [3.05, 3.63) is 139 Å². The van der Waals surface area contributed by atoms with Gasteiger partial charge in [0.05, 0.1) is 2.74 Å². The van der Waals surface area contributed by atoms with E-state index in [-0.39, 0.29) is 22.3 Å². The standard InChI is InChI=1S/C13H13N.C8H10.C6H7N.2C2H6.3CH4/c1-11-7-3-4-9-13(11)14-10-6-5-8-12(14)2;1-7-5-3-4-6-8(7)2;1-6-4-2-3-5-7-6;2*1-2;;;/h3-10H,2H2,1H3;3-6H,1-2H3;2-5,7H,1H2;2*1-2H3;3*1H4/i5T;;2T;;;;;. The molecule has 0 saturated heterocycles. The van der Waals surface area contributed by atoms with E-state index in [0.29, 0.717) is 12.1 Å². The van der Waals surface area contributed by atoms with Crippen LogP contribution in [0.5, 0.6) is 0 Å². The zero-order valence-electron chi connectivity index (χ0n) is 23.4. The van der Waals surface area contributed by atoms with Crippen LogP contribution in [-0.2, 0) is 0 Å². The maximum atomic E-state index is 7.50. The van der Waals surface area contributed by atoms with Gasteiger partial charge in [0.1, 0.15) is 0 Å². The molecule has 0 fully saturated rings. The lowest BCUT2D eigenvalue weighted by Crippen LogP contribution is -2.15. The molecule has 0 bridgehead atoms. The number of nitrogens with zero attached hydrogens (tertiary/aromatic N) is 1.